The first-order chi connectivity index (χ1) is 11.9. The predicted octanol–water partition coefficient (Wildman–Crippen LogP) is 4.97. The third-order valence-corrected chi connectivity index (χ3v) is 4.04. The van der Waals surface area contributed by atoms with Gasteiger partial charge in [0.2, 0.25) is 0 Å². The molecule has 1 aromatic carbocycles. The van der Waals surface area contributed by atoms with Crippen molar-refractivity contribution in [1.29, 1.82) is 0 Å². The van der Waals surface area contributed by atoms with Gasteiger partial charge in [0.05, 0.1) is 22.9 Å². The Morgan fingerprint density at radius 2 is 1.96 bits per heavy atom. The second-order valence-corrected chi connectivity index (χ2v) is 7.03. The second-order valence-electron chi connectivity index (χ2n) is 7.03. The zero-order valence-corrected chi connectivity index (χ0v) is 14.4. The first-order valence-corrected chi connectivity index (χ1v) is 8.19. The van der Waals surface area contributed by atoms with E-state index in [-0.39, 0.29) is 0 Å². The van der Waals surface area contributed by atoms with E-state index >= 15 is 0 Å². The summed E-state index contributed by atoms with van der Waals surface area (Å²) in [5.41, 5.74) is 2.84. The average molecular weight is 333 g/mol. The van der Waals surface area contributed by atoms with Gasteiger partial charge in [0.25, 0.3) is 0 Å². The van der Waals surface area contributed by atoms with Crippen LogP contribution in [0, 0.1) is 0 Å². The van der Waals surface area contributed by atoms with Gasteiger partial charge in [0.15, 0.2) is 0 Å². The molecule has 0 aliphatic rings. The van der Waals surface area contributed by atoms with Crippen LogP contribution >= 0.6 is 0 Å². The molecule has 5 nitrogen and oxygen atoms in total. The first-order valence-electron chi connectivity index (χ1n) is 8.19. The number of para-hydroxylation sites is 1. The molecule has 0 aliphatic heterocycles. The molecule has 25 heavy (non-hydrogen) atoms. The molecule has 0 aliphatic carbocycles. The molecule has 3 aromatic heterocycles. The molecule has 5 heteroatoms. The van der Waals surface area contributed by atoms with E-state index < -0.39 is 11.7 Å². The molecule has 3 heterocycles. The van der Waals surface area contributed by atoms with Gasteiger partial charge in [0, 0.05) is 28.7 Å². The normalized spacial score (nSPS) is 12.0. The monoisotopic (exact) mass is 333 g/mol. The van der Waals surface area contributed by atoms with Gasteiger partial charge in [-0.25, -0.2) is 9.36 Å². The van der Waals surface area contributed by atoms with Gasteiger partial charge < -0.3 is 9.72 Å². The minimum absolute atomic E-state index is 0.392. The Labute approximate surface area is 145 Å². The number of aromatic nitrogens is 3. The Morgan fingerprint density at radius 1 is 1.16 bits per heavy atom. The van der Waals surface area contributed by atoms with Crippen LogP contribution in [-0.4, -0.2) is 26.2 Å². The summed E-state index contributed by atoms with van der Waals surface area (Å²) in [7, 11) is 0. The number of carbonyl (C=O) groups is 1. The van der Waals surface area contributed by atoms with Crippen molar-refractivity contribution in [3.63, 3.8) is 0 Å². The molecule has 0 saturated carbocycles. The molecule has 0 amide bonds. The maximum absolute atomic E-state index is 12.9. The number of aromatic amines is 1. The maximum Gasteiger partial charge on any atom is 0.419 e. The molecule has 0 atom stereocenters. The summed E-state index contributed by atoms with van der Waals surface area (Å²) in [6.07, 6.45) is 5.04. The largest absolute Gasteiger partial charge is 0.443 e. The van der Waals surface area contributed by atoms with Crippen molar-refractivity contribution in [2.24, 2.45) is 0 Å². The van der Waals surface area contributed by atoms with Crippen molar-refractivity contribution in [2.75, 3.05) is 0 Å². The van der Waals surface area contributed by atoms with Crippen LogP contribution in [0.5, 0.6) is 0 Å². The Balaban J connectivity index is 1.99. The fourth-order valence-electron chi connectivity index (χ4n) is 3.04. The SMILES string of the molecule is CC(C)(C)OC(=O)n1c(-c2cncc3[nH]ccc23)cc2ccccc21. The van der Waals surface area contributed by atoms with E-state index in [1.54, 1.807) is 17.0 Å². The summed E-state index contributed by atoms with van der Waals surface area (Å²) in [5.74, 6) is 0. The lowest BCUT2D eigenvalue weighted by atomic mass is 10.1. The Hall–Kier alpha value is -3.08. The van der Waals surface area contributed by atoms with Crippen molar-refractivity contribution in [2.45, 2.75) is 26.4 Å². The van der Waals surface area contributed by atoms with Gasteiger partial charge in [-0.3, -0.25) is 4.98 Å². The lowest BCUT2D eigenvalue weighted by molar-refractivity contribution is 0.0547. The van der Waals surface area contributed by atoms with E-state index in [1.165, 1.54) is 0 Å². The van der Waals surface area contributed by atoms with Crippen LogP contribution in [0.4, 0.5) is 4.79 Å². The number of carbonyl (C=O) groups excluding carboxylic acids is 1. The van der Waals surface area contributed by atoms with Crippen molar-refractivity contribution in [3.8, 4) is 11.3 Å². The minimum Gasteiger partial charge on any atom is -0.443 e. The van der Waals surface area contributed by atoms with E-state index in [2.05, 4.69) is 9.97 Å². The smallest absolute Gasteiger partial charge is 0.419 e. The standard InChI is InChI=1S/C20H19N3O2/c1-20(2,3)25-19(24)23-17-7-5-4-6-13(17)10-18(23)15-11-21-12-16-14(15)8-9-22-16/h4-12,22H,1-3H3. The predicted molar refractivity (Wildman–Crippen MR) is 98.7 cm³/mol. The van der Waals surface area contributed by atoms with Gasteiger partial charge in [-0.2, -0.15) is 0 Å². The lowest BCUT2D eigenvalue weighted by Gasteiger charge is -2.21. The van der Waals surface area contributed by atoms with Crippen LogP contribution in [0.25, 0.3) is 33.1 Å². The Bertz CT molecular complexity index is 1080. The number of nitrogens with one attached hydrogen (secondary N) is 1. The minimum atomic E-state index is -0.571. The number of pyridine rings is 1. The molecular formula is C20H19N3O2. The third-order valence-electron chi connectivity index (χ3n) is 4.04. The number of rotatable bonds is 1. The van der Waals surface area contributed by atoms with Gasteiger partial charge in [-0.05, 0) is 39.0 Å². The summed E-state index contributed by atoms with van der Waals surface area (Å²) in [6.45, 7) is 5.60. The van der Waals surface area contributed by atoms with Crippen LogP contribution in [-0.2, 0) is 4.74 Å². The number of hydrogen-bond donors (Lipinski definition) is 1. The number of fused-ring (bicyclic) bond motifs is 2. The molecule has 1 N–H and O–H groups in total. The van der Waals surface area contributed by atoms with E-state index in [9.17, 15) is 4.79 Å². The lowest BCUT2D eigenvalue weighted by Crippen LogP contribution is -2.27. The van der Waals surface area contributed by atoms with Gasteiger partial charge in [0.1, 0.15) is 5.60 Å². The highest BCUT2D eigenvalue weighted by atomic mass is 16.6. The summed E-state index contributed by atoms with van der Waals surface area (Å²) < 4.78 is 7.27. The Kier molecular flexibility index (Phi) is 3.39. The van der Waals surface area contributed by atoms with E-state index in [1.807, 2.05) is 63.4 Å². The fraction of sp³-hybridized carbons (Fsp3) is 0.200. The van der Waals surface area contributed by atoms with E-state index in [4.69, 9.17) is 4.74 Å². The Morgan fingerprint density at radius 3 is 2.76 bits per heavy atom. The zero-order valence-electron chi connectivity index (χ0n) is 14.4. The van der Waals surface area contributed by atoms with Crippen molar-refractivity contribution in [3.05, 3.63) is 55.0 Å². The second kappa shape index (κ2) is 5.48. The molecule has 0 radical (unpaired) electrons. The average Bonchev–Trinajstić information content (AvgIpc) is 3.17. The molecule has 0 spiro atoms. The maximum atomic E-state index is 12.9. The number of hydrogen-bond acceptors (Lipinski definition) is 3. The van der Waals surface area contributed by atoms with Crippen LogP contribution in [0.2, 0.25) is 0 Å². The molecule has 126 valence electrons. The van der Waals surface area contributed by atoms with Crippen LogP contribution in [0.3, 0.4) is 0 Å². The third kappa shape index (κ3) is 2.67. The quantitative estimate of drug-likeness (QED) is 0.535. The topological polar surface area (TPSA) is 59.9 Å². The summed E-state index contributed by atoms with van der Waals surface area (Å²) in [6, 6.07) is 11.8. The van der Waals surface area contributed by atoms with Crippen LogP contribution < -0.4 is 0 Å². The highest BCUT2D eigenvalue weighted by Crippen LogP contribution is 2.33. The number of nitrogens with zero attached hydrogens (tertiary/aromatic N) is 2. The van der Waals surface area contributed by atoms with Crippen molar-refractivity contribution in [1.82, 2.24) is 14.5 Å². The molecular weight excluding hydrogens is 314 g/mol. The molecule has 0 unspecified atom stereocenters. The number of ether oxygens (including phenoxy) is 1. The number of benzene rings is 1. The highest BCUT2D eigenvalue weighted by molar-refractivity contribution is 6.01. The van der Waals surface area contributed by atoms with Gasteiger partial charge in [-0.15, -0.1) is 0 Å². The summed E-state index contributed by atoms with van der Waals surface area (Å²) >= 11 is 0. The van der Waals surface area contributed by atoms with Crippen LogP contribution in [0.1, 0.15) is 20.8 Å². The number of H-pyrrole nitrogens is 1. The van der Waals surface area contributed by atoms with Crippen LogP contribution in [0.15, 0.2) is 55.0 Å². The van der Waals surface area contributed by atoms with Crippen molar-refractivity contribution < 1.29 is 9.53 Å². The van der Waals surface area contributed by atoms with Gasteiger partial charge in [-0.1, -0.05) is 18.2 Å². The molecule has 4 aromatic rings. The molecule has 0 saturated heterocycles. The highest BCUT2D eigenvalue weighted by Gasteiger charge is 2.23. The summed E-state index contributed by atoms with van der Waals surface area (Å²) in [4.78, 5) is 20.4. The van der Waals surface area contributed by atoms with E-state index in [0.29, 0.717) is 0 Å². The molecule has 0 fully saturated rings. The van der Waals surface area contributed by atoms with Crippen molar-refractivity contribution >= 4 is 27.9 Å². The molecule has 4 rings (SSSR count). The van der Waals surface area contributed by atoms with E-state index in [0.717, 1.165) is 33.1 Å². The van der Waals surface area contributed by atoms with Gasteiger partial charge >= 0.3 is 6.09 Å². The first kappa shape index (κ1) is 15.4. The summed E-state index contributed by atoms with van der Waals surface area (Å²) in [5, 5.41) is 2.00. The molecule has 0 bridgehead atoms. The fourth-order valence-corrected chi connectivity index (χ4v) is 3.04. The zero-order chi connectivity index (χ0) is 17.6.